The molecule has 1 N–H and O–H groups in total. The van der Waals surface area contributed by atoms with Gasteiger partial charge < -0.3 is 5.11 Å². The lowest BCUT2D eigenvalue weighted by Crippen LogP contribution is -2.14. The van der Waals surface area contributed by atoms with E-state index in [0.29, 0.717) is 22.0 Å². The molecule has 0 spiro atoms. The zero-order chi connectivity index (χ0) is 13.8. The Hall–Kier alpha value is -1.51. The van der Waals surface area contributed by atoms with Crippen molar-refractivity contribution in [2.24, 2.45) is 0 Å². The van der Waals surface area contributed by atoms with Gasteiger partial charge in [-0.05, 0) is 35.7 Å². The zero-order valence-electron chi connectivity index (χ0n) is 10.0. The smallest absolute Gasteiger partial charge is 0.311 e. The third-order valence-corrected chi connectivity index (χ3v) is 3.53. The third kappa shape index (κ3) is 3.49. The SMILES string of the molecule is O=C(O)C(Cc1ccccc1Cl)c1cccc(Cl)c1. The van der Waals surface area contributed by atoms with E-state index in [4.69, 9.17) is 23.2 Å². The van der Waals surface area contributed by atoms with E-state index >= 15 is 0 Å². The van der Waals surface area contributed by atoms with Crippen LogP contribution in [0.4, 0.5) is 0 Å². The second-order valence-electron chi connectivity index (χ2n) is 4.24. The Labute approximate surface area is 121 Å². The van der Waals surface area contributed by atoms with E-state index in [0.717, 1.165) is 5.56 Å². The summed E-state index contributed by atoms with van der Waals surface area (Å²) in [6, 6.07) is 14.2. The van der Waals surface area contributed by atoms with Crippen molar-refractivity contribution in [3.8, 4) is 0 Å². The molecule has 0 aromatic heterocycles. The average Bonchev–Trinajstić information content (AvgIpc) is 2.37. The highest BCUT2D eigenvalue weighted by Gasteiger charge is 2.21. The zero-order valence-corrected chi connectivity index (χ0v) is 11.5. The van der Waals surface area contributed by atoms with Crippen LogP contribution in [0.25, 0.3) is 0 Å². The monoisotopic (exact) mass is 294 g/mol. The van der Waals surface area contributed by atoms with Crippen molar-refractivity contribution in [2.45, 2.75) is 12.3 Å². The maximum absolute atomic E-state index is 11.4. The molecule has 0 saturated carbocycles. The minimum Gasteiger partial charge on any atom is -0.481 e. The predicted octanol–water partition coefficient (Wildman–Crippen LogP) is 4.40. The van der Waals surface area contributed by atoms with Gasteiger partial charge in [-0.3, -0.25) is 4.79 Å². The number of carbonyl (C=O) groups is 1. The summed E-state index contributed by atoms with van der Waals surface area (Å²) in [5.41, 5.74) is 1.50. The summed E-state index contributed by atoms with van der Waals surface area (Å²) >= 11 is 12.0. The topological polar surface area (TPSA) is 37.3 Å². The predicted molar refractivity (Wildman–Crippen MR) is 77.0 cm³/mol. The molecule has 2 rings (SSSR count). The van der Waals surface area contributed by atoms with Crippen molar-refractivity contribution in [3.05, 3.63) is 69.7 Å². The van der Waals surface area contributed by atoms with Crippen molar-refractivity contribution in [1.82, 2.24) is 0 Å². The van der Waals surface area contributed by atoms with E-state index in [9.17, 15) is 9.90 Å². The molecule has 0 aliphatic rings. The molecule has 2 aromatic carbocycles. The Morgan fingerprint density at radius 3 is 2.47 bits per heavy atom. The highest BCUT2D eigenvalue weighted by molar-refractivity contribution is 6.31. The molecule has 2 nitrogen and oxygen atoms in total. The Balaban J connectivity index is 2.32. The lowest BCUT2D eigenvalue weighted by atomic mass is 9.92. The van der Waals surface area contributed by atoms with Crippen LogP contribution in [0.15, 0.2) is 48.5 Å². The molecule has 1 atom stereocenters. The largest absolute Gasteiger partial charge is 0.481 e. The van der Waals surface area contributed by atoms with Crippen LogP contribution >= 0.6 is 23.2 Å². The minimum atomic E-state index is -0.887. The van der Waals surface area contributed by atoms with Crippen molar-refractivity contribution in [2.75, 3.05) is 0 Å². The van der Waals surface area contributed by atoms with Gasteiger partial charge in [0.2, 0.25) is 0 Å². The molecule has 0 bridgehead atoms. The Morgan fingerprint density at radius 2 is 1.84 bits per heavy atom. The van der Waals surface area contributed by atoms with Crippen LogP contribution in [0.5, 0.6) is 0 Å². The van der Waals surface area contributed by atoms with Crippen LogP contribution in [0, 0.1) is 0 Å². The molecule has 0 amide bonds. The molecule has 0 fully saturated rings. The highest BCUT2D eigenvalue weighted by atomic mass is 35.5. The maximum atomic E-state index is 11.4. The molecular formula is C15H12Cl2O2. The van der Waals surface area contributed by atoms with Gasteiger partial charge >= 0.3 is 5.97 Å². The van der Waals surface area contributed by atoms with Crippen LogP contribution in [0.1, 0.15) is 17.0 Å². The molecule has 4 heteroatoms. The third-order valence-electron chi connectivity index (χ3n) is 2.93. The fourth-order valence-electron chi connectivity index (χ4n) is 1.95. The number of hydrogen-bond acceptors (Lipinski definition) is 1. The number of carboxylic acid groups (broad SMARTS) is 1. The van der Waals surface area contributed by atoms with Crippen molar-refractivity contribution in [1.29, 1.82) is 0 Å². The van der Waals surface area contributed by atoms with E-state index < -0.39 is 11.9 Å². The summed E-state index contributed by atoms with van der Waals surface area (Å²) in [5, 5.41) is 10.5. The van der Waals surface area contributed by atoms with Gasteiger partial charge in [-0.25, -0.2) is 0 Å². The number of aliphatic carboxylic acids is 1. The second-order valence-corrected chi connectivity index (χ2v) is 5.08. The summed E-state index contributed by atoms with van der Waals surface area (Å²) in [5.74, 6) is -1.54. The first-order chi connectivity index (χ1) is 9.08. The standard InChI is InChI=1S/C15H12Cl2O2/c16-12-6-3-5-10(8-12)13(15(18)19)9-11-4-1-2-7-14(11)17/h1-8,13H,9H2,(H,18,19). The van der Waals surface area contributed by atoms with Crippen LogP contribution < -0.4 is 0 Å². The first-order valence-electron chi connectivity index (χ1n) is 5.79. The Bertz CT molecular complexity index is 596. The van der Waals surface area contributed by atoms with Gasteiger partial charge in [0.15, 0.2) is 0 Å². The fraction of sp³-hybridized carbons (Fsp3) is 0.133. The molecule has 98 valence electrons. The first kappa shape index (κ1) is 13.9. The van der Waals surface area contributed by atoms with Gasteiger partial charge in [-0.1, -0.05) is 53.5 Å². The molecule has 19 heavy (non-hydrogen) atoms. The molecule has 1 unspecified atom stereocenters. The molecule has 0 radical (unpaired) electrons. The quantitative estimate of drug-likeness (QED) is 0.907. The average molecular weight is 295 g/mol. The van der Waals surface area contributed by atoms with Gasteiger partial charge in [0.05, 0.1) is 5.92 Å². The van der Waals surface area contributed by atoms with E-state index in [-0.39, 0.29) is 0 Å². The summed E-state index contributed by atoms with van der Waals surface area (Å²) in [6.45, 7) is 0. The number of carboxylic acids is 1. The van der Waals surface area contributed by atoms with Gasteiger partial charge in [-0.15, -0.1) is 0 Å². The normalized spacial score (nSPS) is 12.1. The Kier molecular flexibility index (Phi) is 4.46. The van der Waals surface area contributed by atoms with E-state index in [2.05, 4.69) is 0 Å². The van der Waals surface area contributed by atoms with Crippen molar-refractivity contribution in [3.63, 3.8) is 0 Å². The second kappa shape index (κ2) is 6.09. The summed E-state index contributed by atoms with van der Waals surface area (Å²) < 4.78 is 0. The number of halogens is 2. The van der Waals surface area contributed by atoms with Gasteiger partial charge in [0.1, 0.15) is 0 Å². The maximum Gasteiger partial charge on any atom is 0.311 e. The number of hydrogen-bond donors (Lipinski definition) is 1. The van der Waals surface area contributed by atoms with E-state index in [1.165, 1.54) is 0 Å². The number of benzene rings is 2. The van der Waals surface area contributed by atoms with Crippen LogP contribution in [0.3, 0.4) is 0 Å². The van der Waals surface area contributed by atoms with Crippen molar-refractivity contribution < 1.29 is 9.90 Å². The Morgan fingerprint density at radius 1 is 1.11 bits per heavy atom. The van der Waals surface area contributed by atoms with Gasteiger partial charge in [-0.2, -0.15) is 0 Å². The molecular weight excluding hydrogens is 283 g/mol. The molecule has 0 aliphatic heterocycles. The van der Waals surface area contributed by atoms with Crippen LogP contribution in [-0.4, -0.2) is 11.1 Å². The lowest BCUT2D eigenvalue weighted by Gasteiger charge is -2.14. The molecule has 0 saturated heterocycles. The van der Waals surface area contributed by atoms with Gasteiger partial charge in [0, 0.05) is 10.0 Å². The number of rotatable bonds is 4. The molecule has 0 aliphatic carbocycles. The lowest BCUT2D eigenvalue weighted by molar-refractivity contribution is -0.138. The first-order valence-corrected chi connectivity index (χ1v) is 6.55. The van der Waals surface area contributed by atoms with Gasteiger partial charge in [0.25, 0.3) is 0 Å². The van der Waals surface area contributed by atoms with Crippen LogP contribution in [-0.2, 0) is 11.2 Å². The summed E-state index contributed by atoms with van der Waals surface area (Å²) in [7, 11) is 0. The highest BCUT2D eigenvalue weighted by Crippen LogP contribution is 2.27. The molecule has 2 aromatic rings. The fourth-order valence-corrected chi connectivity index (χ4v) is 2.37. The van der Waals surface area contributed by atoms with E-state index in [1.807, 2.05) is 18.2 Å². The van der Waals surface area contributed by atoms with E-state index in [1.54, 1.807) is 30.3 Å². The summed E-state index contributed by atoms with van der Waals surface area (Å²) in [4.78, 5) is 11.4. The summed E-state index contributed by atoms with van der Waals surface area (Å²) in [6.07, 6.45) is 0.343. The minimum absolute atomic E-state index is 0.343. The van der Waals surface area contributed by atoms with Crippen molar-refractivity contribution >= 4 is 29.2 Å². The van der Waals surface area contributed by atoms with Crippen LogP contribution in [0.2, 0.25) is 10.0 Å². The molecule has 0 heterocycles.